The summed E-state index contributed by atoms with van der Waals surface area (Å²) < 4.78 is 16.1. The van der Waals surface area contributed by atoms with Crippen molar-refractivity contribution in [2.75, 3.05) is 13.9 Å². The predicted molar refractivity (Wildman–Crippen MR) is 155 cm³/mol. The number of aliphatic hydroxyl groups excluding tert-OH is 1. The van der Waals surface area contributed by atoms with Gasteiger partial charge < -0.3 is 19.3 Å². The van der Waals surface area contributed by atoms with Gasteiger partial charge in [-0.1, -0.05) is 60.7 Å². The van der Waals surface area contributed by atoms with E-state index in [9.17, 15) is 14.7 Å². The van der Waals surface area contributed by atoms with Crippen LogP contribution in [0.2, 0.25) is 0 Å². The number of esters is 2. The first-order chi connectivity index (χ1) is 19.3. The van der Waals surface area contributed by atoms with E-state index in [-0.39, 0.29) is 20.0 Å². The normalized spacial score (nSPS) is 10.8. The van der Waals surface area contributed by atoms with Crippen molar-refractivity contribution >= 4 is 11.9 Å². The number of benzene rings is 4. The molecule has 4 aromatic carbocycles. The summed E-state index contributed by atoms with van der Waals surface area (Å²) in [4.78, 5) is 25.1. The molecule has 0 heterocycles. The number of carbonyl (C=O) groups excluding carboxylic acids is 2. The van der Waals surface area contributed by atoms with Crippen LogP contribution in [0.1, 0.15) is 54.1 Å². The third kappa shape index (κ3) is 5.83. The minimum absolute atomic E-state index is 0.00520. The van der Waals surface area contributed by atoms with E-state index in [0.29, 0.717) is 11.1 Å². The largest absolute Gasteiger partial charge is 0.465 e. The van der Waals surface area contributed by atoms with Crippen LogP contribution >= 0.6 is 0 Å². The Morgan fingerprint density at radius 2 is 1.07 bits per heavy atom. The van der Waals surface area contributed by atoms with Crippen molar-refractivity contribution in [1.29, 1.82) is 0 Å². The first-order valence-corrected chi connectivity index (χ1v) is 13.1. The van der Waals surface area contributed by atoms with Crippen LogP contribution in [0.5, 0.6) is 0 Å². The maximum absolute atomic E-state index is 13.0. The molecule has 0 atom stereocenters. The van der Waals surface area contributed by atoms with Gasteiger partial charge in [0.05, 0.1) is 31.5 Å². The van der Waals surface area contributed by atoms with Crippen LogP contribution in [0.3, 0.4) is 0 Å². The zero-order valence-corrected chi connectivity index (χ0v) is 23.5. The first-order valence-electron chi connectivity index (χ1n) is 13.1. The van der Waals surface area contributed by atoms with Crippen LogP contribution in [0.4, 0.5) is 0 Å². The SMILES string of the molecule is COC(=O)c1cccc(-c2cccc(C(=O)OCOCc3cccc(-c4cccc(CO)c4C)c3C)c2C)c1C. The number of rotatable bonds is 9. The molecule has 0 spiro atoms. The van der Waals surface area contributed by atoms with Crippen LogP contribution in [0, 0.1) is 27.7 Å². The zero-order valence-electron chi connectivity index (χ0n) is 23.5. The van der Waals surface area contributed by atoms with Gasteiger partial charge in [0.1, 0.15) is 0 Å². The van der Waals surface area contributed by atoms with E-state index < -0.39 is 11.9 Å². The Morgan fingerprint density at radius 3 is 1.60 bits per heavy atom. The van der Waals surface area contributed by atoms with Gasteiger partial charge in [-0.3, -0.25) is 0 Å². The number of carbonyl (C=O) groups is 2. The van der Waals surface area contributed by atoms with Crippen molar-refractivity contribution in [3.05, 3.63) is 117 Å². The molecule has 0 radical (unpaired) electrons. The highest BCUT2D eigenvalue weighted by molar-refractivity contribution is 5.96. The summed E-state index contributed by atoms with van der Waals surface area (Å²) in [6, 6.07) is 22.8. The molecule has 206 valence electrons. The monoisotopic (exact) mass is 538 g/mol. The van der Waals surface area contributed by atoms with Gasteiger partial charge in [-0.2, -0.15) is 0 Å². The Balaban J connectivity index is 1.45. The molecule has 6 nitrogen and oxygen atoms in total. The molecule has 0 saturated carbocycles. The first kappa shape index (κ1) is 28.7. The van der Waals surface area contributed by atoms with E-state index in [4.69, 9.17) is 14.2 Å². The topological polar surface area (TPSA) is 82.1 Å². The van der Waals surface area contributed by atoms with E-state index in [1.165, 1.54) is 7.11 Å². The summed E-state index contributed by atoms with van der Waals surface area (Å²) in [6.07, 6.45) is 0. The third-order valence-corrected chi connectivity index (χ3v) is 7.47. The lowest BCUT2D eigenvalue weighted by Crippen LogP contribution is -2.11. The van der Waals surface area contributed by atoms with Crippen LogP contribution in [0.15, 0.2) is 72.8 Å². The number of aliphatic hydroxyl groups is 1. The summed E-state index contributed by atoms with van der Waals surface area (Å²) in [6.45, 7) is 7.86. The Morgan fingerprint density at radius 1 is 0.625 bits per heavy atom. The Bertz CT molecular complexity index is 1550. The molecule has 0 unspecified atom stereocenters. The van der Waals surface area contributed by atoms with Gasteiger partial charge in [-0.25, -0.2) is 9.59 Å². The van der Waals surface area contributed by atoms with E-state index >= 15 is 0 Å². The average molecular weight is 539 g/mol. The number of hydrogen-bond donors (Lipinski definition) is 1. The molecule has 0 saturated heterocycles. The van der Waals surface area contributed by atoms with Crippen LogP contribution in [-0.4, -0.2) is 30.9 Å². The molecular formula is C34H34O6. The highest BCUT2D eigenvalue weighted by Crippen LogP contribution is 2.32. The Labute approximate surface area is 235 Å². The van der Waals surface area contributed by atoms with Gasteiger partial charge in [-0.05, 0) is 95.5 Å². The third-order valence-electron chi connectivity index (χ3n) is 7.47. The van der Waals surface area contributed by atoms with E-state index in [0.717, 1.165) is 55.6 Å². The minimum atomic E-state index is -0.483. The number of hydrogen-bond acceptors (Lipinski definition) is 6. The predicted octanol–water partition coefficient (Wildman–Crippen LogP) is 6.86. The fourth-order valence-corrected chi connectivity index (χ4v) is 5.01. The zero-order chi connectivity index (χ0) is 28.8. The van der Waals surface area contributed by atoms with Crippen molar-refractivity contribution in [2.24, 2.45) is 0 Å². The van der Waals surface area contributed by atoms with Crippen molar-refractivity contribution < 1.29 is 28.9 Å². The molecular weight excluding hydrogens is 504 g/mol. The summed E-state index contributed by atoms with van der Waals surface area (Å²) >= 11 is 0. The molecule has 40 heavy (non-hydrogen) atoms. The molecule has 1 N–H and O–H groups in total. The average Bonchev–Trinajstić information content (AvgIpc) is 2.96. The van der Waals surface area contributed by atoms with Crippen LogP contribution in [-0.2, 0) is 27.4 Å². The quantitative estimate of drug-likeness (QED) is 0.142. The number of methoxy groups -OCH3 is 1. The second kappa shape index (κ2) is 12.7. The van der Waals surface area contributed by atoms with E-state index in [1.54, 1.807) is 24.3 Å². The highest BCUT2D eigenvalue weighted by atomic mass is 16.7. The van der Waals surface area contributed by atoms with Gasteiger partial charge in [0.2, 0.25) is 0 Å². The summed E-state index contributed by atoms with van der Waals surface area (Å²) in [5, 5.41) is 9.65. The molecule has 0 bridgehead atoms. The molecule has 0 aromatic heterocycles. The molecule has 6 heteroatoms. The van der Waals surface area contributed by atoms with Gasteiger partial charge >= 0.3 is 11.9 Å². The van der Waals surface area contributed by atoms with Gasteiger partial charge in [0.25, 0.3) is 0 Å². The smallest absolute Gasteiger partial charge is 0.340 e. The van der Waals surface area contributed by atoms with Crippen LogP contribution < -0.4 is 0 Å². The van der Waals surface area contributed by atoms with Gasteiger partial charge in [0, 0.05) is 0 Å². The highest BCUT2D eigenvalue weighted by Gasteiger charge is 2.18. The second-order valence-electron chi connectivity index (χ2n) is 9.68. The Kier molecular flexibility index (Phi) is 9.15. The fourth-order valence-electron chi connectivity index (χ4n) is 5.01. The maximum atomic E-state index is 13.0. The molecule has 0 aliphatic carbocycles. The van der Waals surface area contributed by atoms with E-state index in [2.05, 4.69) is 6.07 Å². The van der Waals surface area contributed by atoms with Crippen molar-refractivity contribution in [2.45, 2.75) is 40.9 Å². The lowest BCUT2D eigenvalue weighted by atomic mass is 9.91. The molecule has 0 aliphatic rings. The molecule has 0 aliphatic heterocycles. The molecule has 4 aromatic rings. The minimum Gasteiger partial charge on any atom is -0.465 e. The van der Waals surface area contributed by atoms with Crippen LogP contribution in [0.25, 0.3) is 22.3 Å². The second-order valence-corrected chi connectivity index (χ2v) is 9.68. The van der Waals surface area contributed by atoms with Crippen molar-refractivity contribution in [3.63, 3.8) is 0 Å². The van der Waals surface area contributed by atoms with E-state index in [1.807, 2.05) is 70.2 Å². The van der Waals surface area contributed by atoms with Crippen molar-refractivity contribution in [3.8, 4) is 22.3 Å². The molecule has 0 amide bonds. The molecule has 4 rings (SSSR count). The lowest BCUT2D eigenvalue weighted by Gasteiger charge is -2.16. The van der Waals surface area contributed by atoms with Crippen molar-refractivity contribution in [1.82, 2.24) is 0 Å². The van der Waals surface area contributed by atoms with Gasteiger partial charge in [0.15, 0.2) is 6.79 Å². The number of ether oxygens (including phenoxy) is 3. The summed E-state index contributed by atoms with van der Waals surface area (Å²) in [5.41, 5.74) is 10.3. The summed E-state index contributed by atoms with van der Waals surface area (Å²) in [7, 11) is 1.36. The maximum Gasteiger partial charge on any atom is 0.340 e. The summed E-state index contributed by atoms with van der Waals surface area (Å²) in [5.74, 6) is -0.887. The molecule has 0 fully saturated rings. The fraction of sp³-hybridized carbons (Fsp3) is 0.235. The Hall–Kier alpha value is -4.26. The van der Waals surface area contributed by atoms with Gasteiger partial charge in [-0.15, -0.1) is 0 Å². The lowest BCUT2D eigenvalue weighted by molar-refractivity contribution is -0.0382. The standard InChI is InChI=1S/C34H34O6/c1-21-25(18-35)10-6-12-27(21)28-13-7-11-26(22(28)2)19-39-20-40-34(37)32-17-9-15-30(24(32)4)29-14-8-16-31(23(29)3)33(36)38-5/h6-17,35H,18-20H2,1-5H3.